The zero-order valence-electron chi connectivity index (χ0n) is 15.9. The van der Waals surface area contributed by atoms with E-state index in [-0.39, 0.29) is 12.0 Å². The third-order valence-electron chi connectivity index (χ3n) is 4.77. The second kappa shape index (κ2) is 9.51. The number of hydrogen-bond acceptors (Lipinski definition) is 4. The monoisotopic (exact) mass is 359 g/mol. The van der Waals surface area contributed by atoms with E-state index in [1.165, 1.54) is 10.5 Å². The van der Waals surface area contributed by atoms with E-state index in [1.54, 1.807) is 13.8 Å². The molecular formula is C21H29NO4. The average molecular weight is 359 g/mol. The lowest BCUT2D eigenvalue weighted by atomic mass is 9.99. The van der Waals surface area contributed by atoms with E-state index in [0.29, 0.717) is 13.0 Å². The minimum absolute atomic E-state index is 0.234. The van der Waals surface area contributed by atoms with Crippen molar-refractivity contribution in [1.82, 2.24) is 4.90 Å². The maximum absolute atomic E-state index is 12.6. The first-order valence-electron chi connectivity index (χ1n) is 9.49. The predicted octanol–water partition coefficient (Wildman–Crippen LogP) is 3.16. The Morgan fingerprint density at radius 2 is 1.81 bits per heavy atom. The fourth-order valence-corrected chi connectivity index (χ4v) is 3.16. The highest BCUT2D eigenvalue weighted by Gasteiger charge is 2.37. The predicted molar refractivity (Wildman–Crippen MR) is 99.5 cm³/mol. The SMILES string of the molecule is CC(CCc1ccccc1)OC(=O)[C@@H]1CCCCN1C(=O)C(=O)C(C)C. The molecule has 1 aliphatic rings. The Morgan fingerprint density at radius 1 is 1.12 bits per heavy atom. The molecule has 0 aromatic heterocycles. The molecule has 1 amide bonds. The maximum atomic E-state index is 12.6. The van der Waals surface area contributed by atoms with Crippen molar-refractivity contribution in [1.29, 1.82) is 0 Å². The minimum atomic E-state index is -0.641. The molecule has 1 saturated heterocycles. The van der Waals surface area contributed by atoms with Gasteiger partial charge in [-0.3, -0.25) is 9.59 Å². The molecule has 5 heteroatoms. The van der Waals surface area contributed by atoms with E-state index in [9.17, 15) is 14.4 Å². The van der Waals surface area contributed by atoms with Crippen LogP contribution in [-0.4, -0.2) is 41.3 Å². The van der Waals surface area contributed by atoms with Gasteiger partial charge in [0.25, 0.3) is 5.91 Å². The number of carbonyl (C=O) groups excluding carboxylic acids is 3. The molecule has 142 valence electrons. The Morgan fingerprint density at radius 3 is 2.46 bits per heavy atom. The Bertz CT molecular complexity index is 626. The molecule has 1 aliphatic heterocycles. The lowest BCUT2D eigenvalue weighted by Crippen LogP contribution is -2.52. The number of ketones is 1. The van der Waals surface area contributed by atoms with Crippen molar-refractivity contribution in [3.63, 3.8) is 0 Å². The van der Waals surface area contributed by atoms with Crippen LogP contribution in [0.2, 0.25) is 0 Å². The second-order valence-electron chi connectivity index (χ2n) is 7.30. The first kappa shape index (κ1) is 20.1. The molecule has 0 aliphatic carbocycles. The summed E-state index contributed by atoms with van der Waals surface area (Å²) in [6.07, 6.45) is 3.54. The fourth-order valence-electron chi connectivity index (χ4n) is 3.16. The Kier molecular flexibility index (Phi) is 7.37. The zero-order chi connectivity index (χ0) is 19.1. The van der Waals surface area contributed by atoms with Crippen molar-refractivity contribution >= 4 is 17.7 Å². The molecule has 0 radical (unpaired) electrons. The lowest BCUT2D eigenvalue weighted by molar-refractivity contribution is -0.162. The number of Topliss-reactive ketones (excluding diaryl/α,β-unsaturated/α-hetero) is 1. The van der Waals surface area contributed by atoms with Crippen molar-refractivity contribution in [3.05, 3.63) is 35.9 Å². The quantitative estimate of drug-likeness (QED) is 0.554. The number of aryl methyl sites for hydroxylation is 1. The van der Waals surface area contributed by atoms with E-state index in [0.717, 1.165) is 25.7 Å². The summed E-state index contributed by atoms with van der Waals surface area (Å²) < 4.78 is 5.59. The van der Waals surface area contributed by atoms with Gasteiger partial charge in [0.05, 0.1) is 6.10 Å². The van der Waals surface area contributed by atoms with Crippen molar-refractivity contribution in [2.75, 3.05) is 6.54 Å². The smallest absolute Gasteiger partial charge is 0.329 e. The molecule has 1 unspecified atom stereocenters. The summed E-state index contributed by atoms with van der Waals surface area (Å²) in [5.41, 5.74) is 1.20. The van der Waals surface area contributed by atoms with E-state index >= 15 is 0 Å². The van der Waals surface area contributed by atoms with E-state index in [1.807, 2.05) is 37.3 Å². The Labute approximate surface area is 155 Å². The lowest BCUT2D eigenvalue weighted by Gasteiger charge is -2.34. The number of nitrogens with zero attached hydrogens (tertiary/aromatic N) is 1. The van der Waals surface area contributed by atoms with Gasteiger partial charge < -0.3 is 9.64 Å². The molecule has 0 bridgehead atoms. The summed E-state index contributed by atoms with van der Waals surface area (Å²) in [6, 6.07) is 9.41. The third-order valence-corrected chi connectivity index (χ3v) is 4.77. The van der Waals surface area contributed by atoms with Gasteiger partial charge in [-0.2, -0.15) is 0 Å². The molecule has 1 heterocycles. The summed E-state index contributed by atoms with van der Waals surface area (Å²) in [7, 11) is 0. The first-order chi connectivity index (χ1) is 12.4. The normalized spacial score (nSPS) is 18.5. The van der Waals surface area contributed by atoms with Crippen LogP contribution >= 0.6 is 0 Å². The molecule has 0 N–H and O–H groups in total. The summed E-state index contributed by atoms with van der Waals surface area (Å²) in [6.45, 7) is 5.71. The van der Waals surface area contributed by atoms with Crippen LogP contribution in [0, 0.1) is 5.92 Å². The van der Waals surface area contributed by atoms with Crippen LogP contribution in [0.4, 0.5) is 0 Å². The largest absolute Gasteiger partial charge is 0.461 e. The summed E-state index contributed by atoms with van der Waals surface area (Å²) in [5.74, 6) is -1.76. The number of carbonyl (C=O) groups is 3. The molecule has 1 aromatic carbocycles. The topological polar surface area (TPSA) is 63.7 Å². The molecular weight excluding hydrogens is 330 g/mol. The van der Waals surface area contributed by atoms with E-state index < -0.39 is 23.7 Å². The van der Waals surface area contributed by atoms with E-state index in [4.69, 9.17) is 4.74 Å². The van der Waals surface area contributed by atoms with Gasteiger partial charge in [-0.15, -0.1) is 0 Å². The summed E-state index contributed by atoms with van der Waals surface area (Å²) in [5, 5.41) is 0. The van der Waals surface area contributed by atoms with Crippen molar-refractivity contribution in [2.45, 2.75) is 65.0 Å². The summed E-state index contributed by atoms with van der Waals surface area (Å²) in [4.78, 5) is 38.5. The number of esters is 1. The first-order valence-corrected chi connectivity index (χ1v) is 9.49. The van der Waals surface area contributed by atoms with Gasteiger partial charge in [0, 0.05) is 12.5 Å². The summed E-state index contributed by atoms with van der Waals surface area (Å²) >= 11 is 0. The third kappa shape index (κ3) is 5.41. The van der Waals surface area contributed by atoms with Gasteiger partial charge >= 0.3 is 5.97 Å². The van der Waals surface area contributed by atoms with Crippen LogP contribution in [0.3, 0.4) is 0 Å². The number of benzene rings is 1. The fraction of sp³-hybridized carbons (Fsp3) is 0.571. The van der Waals surface area contributed by atoms with Crippen molar-refractivity contribution < 1.29 is 19.1 Å². The Balaban J connectivity index is 1.92. The molecule has 1 fully saturated rings. The number of rotatable bonds is 7. The average Bonchev–Trinajstić information content (AvgIpc) is 2.65. The highest BCUT2D eigenvalue weighted by Crippen LogP contribution is 2.20. The molecule has 0 saturated carbocycles. The molecule has 2 atom stereocenters. The van der Waals surface area contributed by atoms with Crippen LogP contribution in [0.5, 0.6) is 0 Å². The van der Waals surface area contributed by atoms with E-state index in [2.05, 4.69) is 0 Å². The van der Waals surface area contributed by atoms with Gasteiger partial charge in [0.2, 0.25) is 5.78 Å². The second-order valence-corrected chi connectivity index (χ2v) is 7.30. The molecule has 2 rings (SSSR count). The number of piperidine rings is 1. The standard InChI is InChI=1S/C21H29NO4/c1-15(2)19(23)20(24)22-14-8-7-11-18(22)21(25)26-16(3)12-13-17-9-5-4-6-10-17/h4-6,9-10,15-16,18H,7-8,11-14H2,1-3H3/t16?,18-/m0/s1. The van der Waals surface area contributed by atoms with Crippen LogP contribution in [0.15, 0.2) is 30.3 Å². The van der Waals surface area contributed by atoms with Crippen molar-refractivity contribution in [2.24, 2.45) is 5.92 Å². The maximum Gasteiger partial charge on any atom is 0.329 e. The minimum Gasteiger partial charge on any atom is -0.461 e. The zero-order valence-corrected chi connectivity index (χ0v) is 15.9. The molecule has 5 nitrogen and oxygen atoms in total. The number of amides is 1. The van der Waals surface area contributed by atoms with Crippen LogP contribution in [-0.2, 0) is 25.5 Å². The van der Waals surface area contributed by atoms with Crippen LogP contribution in [0.1, 0.15) is 52.0 Å². The highest BCUT2D eigenvalue weighted by molar-refractivity contribution is 6.37. The molecule has 1 aromatic rings. The van der Waals surface area contributed by atoms with Gasteiger partial charge in [-0.25, -0.2) is 4.79 Å². The van der Waals surface area contributed by atoms with Gasteiger partial charge in [-0.05, 0) is 44.6 Å². The number of hydrogen-bond donors (Lipinski definition) is 0. The molecule has 26 heavy (non-hydrogen) atoms. The van der Waals surface area contributed by atoms with Crippen LogP contribution < -0.4 is 0 Å². The molecule has 0 spiro atoms. The Hall–Kier alpha value is -2.17. The van der Waals surface area contributed by atoms with Gasteiger partial charge in [0.15, 0.2) is 0 Å². The highest BCUT2D eigenvalue weighted by atomic mass is 16.5. The number of likely N-dealkylation sites (tertiary alicyclic amines) is 1. The van der Waals surface area contributed by atoms with Gasteiger partial charge in [-0.1, -0.05) is 44.2 Å². The van der Waals surface area contributed by atoms with Crippen LogP contribution in [0.25, 0.3) is 0 Å². The van der Waals surface area contributed by atoms with Gasteiger partial charge in [0.1, 0.15) is 6.04 Å². The van der Waals surface area contributed by atoms with Crippen molar-refractivity contribution in [3.8, 4) is 0 Å². The number of ether oxygens (including phenoxy) is 1.